The molecule has 0 bridgehead atoms. The molecule has 0 spiro atoms. The largest absolute Gasteiger partial charge is 0.497 e. The second kappa shape index (κ2) is 13.8. The van der Waals surface area contributed by atoms with Crippen molar-refractivity contribution in [3.63, 3.8) is 0 Å². The molecule has 0 fully saturated rings. The number of benzene rings is 3. The van der Waals surface area contributed by atoms with E-state index in [1.54, 1.807) is 68.6 Å². The molecule has 9 nitrogen and oxygen atoms in total. The Kier molecular flexibility index (Phi) is 10.6. The van der Waals surface area contributed by atoms with Crippen molar-refractivity contribution >= 4 is 27.5 Å². The average Bonchev–Trinajstić information content (AvgIpc) is 2.96. The molecule has 214 valence electrons. The third kappa shape index (κ3) is 7.32. The number of amides is 2. The summed E-state index contributed by atoms with van der Waals surface area (Å²) in [5.74, 6) is 0.321. The van der Waals surface area contributed by atoms with Gasteiger partial charge in [-0.1, -0.05) is 36.8 Å². The number of methoxy groups -OCH3 is 1. The van der Waals surface area contributed by atoms with Gasteiger partial charge in [0.15, 0.2) is 0 Å². The van der Waals surface area contributed by atoms with Gasteiger partial charge < -0.3 is 19.7 Å². The molecule has 0 aromatic heterocycles. The summed E-state index contributed by atoms with van der Waals surface area (Å²) in [5.41, 5.74) is 1.94. The number of sulfonamides is 1. The van der Waals surface area contributed by atoms with Crippen molar-refractivity contribution in [1.29, 1.82) is 0 Å². The Morgan fingerprint density at radius 3 is 2.20 bits per heavy atom. The van der Waals surface area contributed by atoms with E-state index in [4.69, 9.17) is 9.47 Å². The molecule has 0 saturated carbocycles. The van der Waals surface area contributed by atoms with Gasteiger partial charge in [0.1, 0.15) is 24.1 Å². The Labute approximate surface area is 236 Å². The van der Waals surface area contributed by atoms with Gasteiger partial charge in [0.25, 0.3) is 10.0 Å². The standard InChI is InChI=1S/C30H37N3O6S/c1-6-28(30(35)31-4)32(20-23-9-8-10-26(19-23)38-5)29(34)21-33(24-13-15-25(16-14-24)39-7-2)40(36,37)27-17-11-22(3)12-18-27/h8-19,28H,6-7,20-21H2,1-5H3,(H,31,35). The molecule has 40 heavy (non-hydrogen) atoms. The fourth-order valence-corrected chi connectivity index (χ4v) is 5.71. The van der Waals surface area contributed by atoms with E-state index in [1.165, 1.54) is 24.1 Å². The fraction of sp³-hybridized carbons (Fsp3) is 0.333. The van der Waals surface area contributed by atoms with Crippen LogP contribution in [0.4, 0.5) is 5.69 Å². The molecule has 0 aliphatic carbocycles. The molecule has 1 N–H and O–H groups in total. The number of carbonyl (C=O) groups is 2. The van der Waals surface area contributed by atoms with Crippen molar-refractivity contribution < 1.29 is 27.5 Å². The summed E-state index contributed by atoms with van der Waals surface area (Å²) in [6, 6.07) is 19.4. The number of hydrogen-bond acceptors (Lipinski definition) is 6. The van der Waals surface area contributed by atoms with Crippen LogP contribution >= 0.6 is 0 Å². The SMILES string of the molecule is CCOc1ccc(N(CC(=O)N(Cc2cccc(OC)c2)C(CC)C(=O)NC)S(=O)(=O)c2ccc(C)cc2)cc1. The van der Waals surface area contributed by atoms with E-state index in [9.17, 15) is 18.0 Å². The molecule has 0 aliphatic rings. The van der Waals surface area contributed by atoms with Crippen LogP contribution in [0.3, 0.4) is 0 Å². The molecule has 3 rings (SSSR count). The maximum absolute atomic E-state index is 14.0. The van der Waals surface area contributed by atoms with Gasteiger partial charge in [0.2, 0.25) is 11.8 Å². The Hall–Kier alpha value is -4.05. The number of hydrogen-bond donors (Lipinski definition) is 1. The van der Waals surface area contributed by atoms with Crippen LogP contribution in [0.25, 0.3) is 0 Å². The monoisotopic (exact) mass is 567 g/mol. The summed E-state index contributed by atoms with van der Waals surface area (Å²) in [5, 5.41) is 2.62. The quantitative estimate of drug-likeness (QED) is 0.333. The van der Waals surface area contributed by atoms with Crippen molar-refractivity contribution in [1.82, 2.24) is 10.2 Å². The van der Waals surface area contributed by atoms with Gasteiger partial charge in [-0.25, -0.2) is 8.42 Å². The Morgan fingerprint density at radius 1 is 0.950 bits per heavy atom. The van der Waals surface area contributed by atoms with Crippen LogP contribution in [0.2, 0.25) is 0 Å². The average molecular weight is 568 g/mol. The lowest BCUT2D eigenvalue weighted by molar-refractivity contribution is -0.140. The highest BCUT2D eigenvalue weighted by Gasteiger charge is 2.33. The lowest BCUT2D eigenvalue weighted by Gasteiger charge is -2.33. The van der Waals surface area contributed by atoms with Gasteiger partial charge in [-0.3, -0.25) is 13.9 Å². The van der Waals surface area contributed by atoms with Gasteiger partial charge in [-0.05, 0) is 74.4 Å². The van der Waals surface area contributed by atoms with Crippen molar-refractivity contribution in [3.8, 4) is 11.5 Å². The fourth-order valence-electron chi connectivity index (χ4n) is 4.30. The second-order valence-electron chi connectivity index (χ2n) is 9.16. The van der Waals surface area contributed by atoms with E-state index in [2.05, 4.69) is 5.32 Å². The van der Waals surface area contributed by atoms with Crippen molar-refractivity contribution in [2.24, 2.45) is 0 Å². The molecule has 0 aliphatic heterocycles. The van der Waals surface area contributed by atoms with Crippen LogP contribution in [-0.2, 0) is 26.2 Å². The van der Waals surface area contributed by atoms with E-state index in [0.29, 0.717) is 30.2 Å². The second-order valence-corrected chi connectivity index (χ2v) is 11.0. The van der Waals surface area contributed by atoms with Gasteiger partial charge in [-0.2, -0.15) is 0 Å². The number of rotatable bonds is 13. The predicted molar refractivity (Wildman–Crippen MR) is 155 cm³/mol. The van der Waals surface area contributed by atoms with E-state index in [1.807, 2.05) is 19.9 Å². The highest BCUT2D eigenvalue weighted by atomic mass is 32.2. The maximum atomic E-state index is 14.0. The van der Waals surface area contributed by atoms with Crippen LogP contribution in [0.1, 0.15) is 31.4 Å². The number of carbonyl (C=O) groups excluding carboxylic acids is 2. The lowest BCUT2D eigenvalue weighted by Crippen LogP contribution is -2.51. The highest BCUT2D eigenvalue weighted by molar-refractivity contribution is 7.92. The van der Waals surface area contributed by atoms with E-state index < -0.39 is 28.5 Å². The molecule has 1 unspecified atom stereocenters. The number of nitrogens with one attached hydrogen (secondary N) is 1. The van der Waals surface area contributed by atoms with Crippen LogP contribution in [0.5, 0.6) is 11.5 Å². The van der Waals surface area contributed by atoms with E-state index in [0.717, 1.165) is 15.4 Å². The summed E-state index contributed by atoms with van der Waals surface area (Å²) < 4.78 is 39.7. The van der Waals surface area contributed by atoms with Crippen LogP contribution in [0, 0.1) is 6.92 Å². The van der Waals surface area contributed by atoms with Crippen molar-refractivity contribution in [2.45, 2.75) is 44.7 Å². The maximum Gasteiger partial charge on any atom is 0.264 e. The Bertz CT molecular complexity index is 1390. The number of likely N-dealkylation sites (N-methyl/N-ethyl adjacent to an activating group) is 1. The normalized spacial score (nSPS) is 11.8. The number of anilines is 1. The summed E-state index contributed by atoms with van der Waals surface area (Å²) >= 11 is 0. The summed E-state index contributed by atoms with van der Waals surface area (Å²) in [4.78, 5) is 28.3. The first kappa shape index (κ1) is 30.5. The van der Waals surface area contributed by atoms with Gasteiger partial charge >= 0.3 is 0 Å². The molecule has 1 atom stereocenters. The molecule has 2 amide bonds. The minimum absolute atomic E-state index is 0.0532. The molecular formula is C30H37N3O6S. The lowest BCUT2D eigenvalue weighted by atomic mass is 10.1. The van der Waals surface area contributed by atoms with Gasteiger partial charge in [0, 0.05) is 13.6 Å². The van der Waals surface area contributed by atoms with E-state index >= 15 is 0 Å². The molecule has 10 heteroatoms. The molecule has 3 aromatic carbocycles. The Balaban J connectivity index is 2.06. The number of aryl methyl sites for hydroxylation is 1. The molecule has 0 saturated heterocycles. The Morgan fingerprint density at radius 2 is 1.62 bits per heavy atom. The topological polar surface area (TPSA) is 105 Å². The van der Waals surface area contributed by atoms with Crippen LogP contribution < -0.4 is 19.1 Å². The van der Waals surface area contributed by atoms with Gasteiger partial charge in [0.05, 0.1) is 24.3 Å². The minimum atomic E-state index is -4.14. The third-order valence-corrected chi connectivity index (χ3v) is 8.23. The highest BCUT2D eigenvalue weighted by Crippen LogP contribution is 2.27. The summed E-state index contributed by atoms with van der Waals surface area (Å²) in [6.07, 6.45) is 0.336. The first-order chi connectivity index (χ1) is 19.1. The zero-order chi connectivity index (χ0) is 29.3. The first-order valence-electron chi connectivity index (χ1n) is 13.1. The summed E-state index contributed by atoms with van der Waals surface area (Å²) in [6.45, 7) is 5.56. The zero-order valence-corrected chi connectivity index (χ0v) is 24.4. The number of ether oxygens (including phenoxy) is 2. The first-order valence-corrected chi connectivity index (χ1v) is 14.5. The van der Waals surface area contributed by atoms with Crippen molar-refractivity contribution in [3.05, 3.63) is 83.9 Å². The molecule has 0 heterocycles. The van der Waals surface area contributed by atoms with Crippen molar-refractivity contribution in [2.75, 3.05) is 31.6 Å². The summed E-state index contributed by atoms with van der Waals surface area (Å²) in [7, 11) is -1.09. The van der Waals surface area contributed by atoms with Crippen LogP contribution in [0.15, 0.2) is 77.7 Å². The minimum Gasteiger partial charge on any atom is -0.497 e. The molecule has 0 radical (unpaired) electrons. The number of nitrogens with zero attached hydrogens (tertiary/aromatic N) is 2. The predicted octanol–water partition coefficient (Wildman–Crippen LogP) is 4.15. The molecular weight excluding hydrogens is 530 g/mol. The van der Waals surface area contributed by atoms with E-state index in [-0.39, 0.29) is 17.3 Å². The zero-order valence-electron chi connectivity index (χ0n) is 23.6. The van der Waals surface area contributed by atoms with Crippen LogP contribution in [-0.4, -0.2) is 58.5 Å². The smallest absolute Gasteiger partial charge is 0.264 e. The molecule has 3 aromatic rings. The van der Waals surface area contributed by atoms with Gasteiger partial charge in [-0.15, -0.1) is 0 Å². The third-order valence-electron chi connectivity index (χ3n) is 6.44.